The fourth-order valence-electron chi connectivity index (χ4n) is 2.31. The molecule has 7 heteroatoms. The van der Waals surface area contributed by atoms with Gasteiger partial charge in [0, 0.05) is 5.56 Å². The maximum atomic E-state index is 9.22. The summed E-state index contributed by atoms with van der Waals surface area (Å²) in [6, 6.07) is 14.7. The number of methoxy groups -OCH3 is 1. The summed E-state index contributed by atoms with van der Waals surface area (Å²) in [6.07, 6.45) is 1.85. The highest BCUT2D eigenvalue weighted by atomic mass is 16.5. The zero-order chi connectivity index (χ0) is 16.2. The van der Waals surface area contributed by atoms with Crippen LogP contribution in [0.15, 0.2) is 54.7 Å². The van der Waals surface area contributed by atoms with E-state index < -0.39 is 7.12 Å². The Kier molecular flexibility index (Phi) is 4.41. The summed E-state index contributed by atoms with van der Waals surface area (Å²) >= 11 is 0. The Balaban J connectivity index is 1.77. The highest BCUT2D eigenvalue weighted by Gasteiger charge is 2.11. The van der Waals surface area contributed by atoms with E-state index in [0.717, 1.165) is 22.6 Å². The summed E-state index contributed by atoms with van der Waals surface area (Å²) < 4.78 is 6.85. The predicted octanol–water partition coefficient (Wildman–Crippen LogP) is 0.682. The minimum absolute atomic E-state index is 0.456. The van der Waals surface area contributed by atoms with Crippen LogP contribution in [0.5, 0.6) is 5.75 Å². The summed E-state index contributed by atoms with van der Waals surface area (Å²) in [6.45, 7) is 0.504. The van der Waals surface area contributed by atoms with Crippen LogP contribution in [0, 0.1) is 0 Å². The monoisotopic (exact) mass is 309 g/mol. The summed E-state index contributed by atoms with van der Waals surface area (Å²) in [5, 5.41) is 26.7. The molecule has 0 amide bonds. The van der Waals surface area contributed by atoms with Crippen LogP contribution in [0.2, 0.25) is 0 Å². The molecule has 0 spiro atoms. The molecule has 2 aromatic carbocycles. The molecular weight excluding hydrogens is 293 g/mol. The van der Waals surface area contributed by atoms with Gasteiger partial charge in [0.25, 0.3) is 0 Å². The number of ether oxygens (including phenoxy) is 1. The van der Waals surface area contributed by atoms with Crippen molar-refractivity contribution >= 4 is 12.6 Å². The molecule has 0 fully saturated rings. The second-order valence-corrected chi connectivity index (χ2v) is 5.15. The molecule has 1 aromatic heterocycles. The average Bonchev–Trinajstić information content (AvgIpc) is 3.03. The molecule has 0 unspecified atom stereocenters. The van der Waals surface area contributed by atoms with E-state index in [4.69, 9.17) is 4.74 Å². The molecule has 0 bridgehead atoms. The van der Waals surface area contributed by atoms with Gasteiger partial charge in [-0.2, -0.15) is 0 Å². The smallest absolute Gasteiger partial charge is 0.488 e. The largest absolute Gasteiger partial charge is 0.497 e. The van der Waals surface area contributed by atoms with E-state index in [-0.39, 0.29) is 0 Å². The maximum absolute atomic E-state index is 9.22. The molecule has 3 aromatic rings. The van der Waals surface area contributed by atoms with Gasteiger partial charge >= 0.3 is 7.12 Å². The highest BCUT2D eigenvalue weighted by molar-refractivity contribution is 6.58. The number of nitrogens with zero attached hydrogens (tertiary/aromatic N) is 3. The van der Waals surface area contributed by atoms with Crippen LogP contribution in [-0.4, -0.2) is 39.3 Å². The number of aromatic nitrogens is 3. The molecule has 0 aliphatic rings. The van der Waals surface area contributed by atoms with Crippen LogP contribution in [-0.2, 0) is 6.54 Å². The molecule has 0 saturated heterocycles. The fourth-order valence-corrected chi connectivity index (χ4v) is 2.31. The van der Waals surface area contributed by atoms with Crippen LogP contribution < -0.4 is 10.2 Å². The molecular formula is C16H16BN3O3. The van der Waals surface area contributed by atoms with Gasteiger partial charge in [0.15, 0.2) is 0 Å². The van der Waals surface area contributed by atoms with Crippen molar-refractivity contribution in [2.75, 3.05) is 7.11 Å². The Hall–Kier alpha value is -2.64. The number of benzene rings is 2. The maximum Gasteiger partial charge on any atom is 0.488 e. The molecule has 0 radical (unpaired) electrons. The van der Waals surface area contributed by atoms with E-state index in [1.807, 2.05) is 36.5 Å². The molecule has 116 valence electrons. The van der Waals surface area contributed by atoms with Crippen molar-refractivity contribution in [3.05, 3.63) is 60.3 Å². The molecule has 0 aliphatic heterocycles. The first kappa shape index (κ1) is 15.3. The first-order chi connectivity index (χ1) is 11.2. The Morgan fingerprint density at radius 1 is 1.13 bits per heavy atom. The van der Waals surface area contributed by atoms with Crippen molar-refractivity contribution in [2.45, 2.75) is 6.54 Å². The molecule has 23 heavy (non-hydrogen) atoms. The van der Waals surface area contributed by atoms with Gasteiger partial charge in [0.1, 0.15) is 11.4 Å². The minimum atomic E-state index is -1.47. The van der Waals surface area contributed by atoms with Gasteiger partial charge in [0.05, 0.1) is 19.9 Å². The standard InChI is InChI=1S/C16H16BN3O3/c1-23-15-7-5-13(6-8-15)16-11-20(19-18-16)10-12-3-2-4-14(9-12)17(21)22/h2-9,11,21-22H,10H2,1H3. The first-order valence-electron chi connectivity index (χ1n) is 7.15. The summed E-state index contributed by atoms with van der Waals surface area (Å²) in [4.78, 5) is 0. The van der Waals surface area contributed by atoms with Gasteiger partial charge in [0.2, 0.25) is 0 Å². The molecule has 3 rings (SSSR count). The molecule has 0 atom stereocenters. The summed E-state index contributed by atoms with van der Waals surface area (Å²) in [5.74, 6) is 0.792. The zero-order valence-corrected chi connectivity index (χ0v) is 12.6. The molecule has 1 heterocycles. The molecule has 0 aliphatic carbocycles. The predicted molar refractivity (Wildman–Crippen MR) is 87.4 cm³/mol. The molecule has 6 nitrogen and oxygen atoms in total. The van der Waals surface area contributed by atoms with E-state index >= 15 is 0 Å². The third-order valence-electron chi connectivity index (χ3n) is 3.52. The van der Waals surface area contributed by atoms with Gasteiger partial charge in [-0.05, 0) is 35.3 Å². The van der Waals surface area contributed by atoms with Crippen LogP contribution in [0.4, 0.5) is 0 Å². The topological polar surface area (TPSA) is 80.4 Å². The van der Waals surface area contributed by atoms with Gasteiger partial charge in [-0.3, -0.25) is 0 Å². The highest BCUT2D eigenvalue weighted by Crippen LogP contribution is 2.20. The Morgan fingerprint density at radius 2 is 1.91 bits per heavy atom. The third-order valence-corrected chi connectivity index (χ3v) is 3.52. The normalized spacial score (nSPS) is 10.6. The van der Waals surface area contributed by atoms with E-state index in [2.05, 4.69) is 10.3 Å². The van der Waals surface area contributed by atoms with Gasteiger partial charge < -0.3 is 14.8 Å². The second-order valence-electron chi connectivity index (χ2n) is 5.15. The number of rotatable bonds is 5. The van der Waals surface area contributed by atoms with Crippen molar-refractivity contribution in [3.8, 4) is 17.0 Å². The van der Waals surface area contributed by atoms with Crippen LogP contribution in [0.1, 0.15) is 5.56 Å². The van der Waals surface area contributed by atoms with Crippen LogP contribution >= 0.6 is 0 Å². The fraction of sp³-hybridized carbons (Fsp3) is 0.125. The molecule has 2 N–H and O–H groups in total. The van der Waals surface area contributed by atoms with Crippen LogP contribution in [0.3, 0.4) is 0 Å². The van der Waals surface area contributed by atoms with E-state index in [1.165, 1.54) is 0 Å². The lowest BCUT2D eigenvalue weighted by Gasteiger charge is -2.04. The quantitative estimate of drug-likeness (QED) is 0.678. The first-order valence-corrected chi connectivity index (χ1v) is 7.15. The molecule has 0 saturated carbocycles. The zero-order valence-electron chi connectivity index (χ0n) is 12.6. The van der Waals surface area contributed by atoms with Crippen molar-refractivity contribution in [2.24, 2.45) is 0 Å². The van der Waals surface area contributed by atoms with Gasteiger partial charge in [-0.25, -0.2) is 4.68 Å². The lowest BCUT2D eigenvalue weighted by atomic mass is 9.80. The van der Waals surface area contributed by atoms with Gasteiger partial charge in [-0.15, -0.1) is 5.10 Å². The Bertz CT molecular complexity index is 787. The summed E-state index contributed by atoms with van der Waals surface area (Å²) in [7, 11) is 0.156. The van der Waals surface area contributed by atoms with Gasteiger partial charge in [-0.1, -0.05) is 29.5 Å². The van der Waals surface area contributed by atoms with Crippen LogP contribution in [0.25, 0.3) is 11.3 Å². The average molecular weight is 309 g/mol. The SMILES string of the molecule is COc1ccc(-c2cn(Cc3cccc(B(O)O)c3)nn2)cc1. The van der Waals surface area contributed by atoms with E-state index in [0.29, 0.717) is 12.0 Å². The van der Waals surface area contributed by atoms with E-state index in [9.17, 15) is 10.0 Å². The van der Waals surface area contributed by atoms with Crippen molar-refractivity contribution in [3.63, 3.8) is 0 Å². The Morgan fingerprint density at radius 3 is 2.61 bits per heavy atom. The summed E-state index contributed by atoms with van der Waals surface area (Å²) in [5.41, 5.74) is 3.10. The lowest BCUT2D eigenvalue weighted by Crippen LogP contribution is -2.30. The van der Waals surface area contributed by atoms with Crippen molar-refractivity contribution < 1.29 is 14.8 Å². The Labute approximate surface area is 134 Å². The van der Waals surface area contributed by atoms with Crippen molar-refractivity contribution in [1.29, 1.82) is 0 Å². The van der Waals surface area contributed by atoms with E-state index in [1.54, 1.807) is 30.0 Å². The second kappa shape index (κ2) is 6.64. The minimum Gasteiger partial charge on any atom is -0.497 e. The number of hydrogen-bond acceptors (Lipinski definition) is 5. The van der Waals surface area contributed by atoms with Crippen molar-refractivity contribution in [1.82, 2.24) is 15.0 Å². The third kappa shape index (κ3) is 3.58. The lowest BCUT2D eigenvalue weighted by molar-refractivity contribution is 0.415. The number of hydrogen-bond donors (Lipinski definition) is 2.